The Morgan fingerprint density at radius 2 is 0.481 bits per heavy atom. The minimum absolute atomic E-state index is 0.0886. The lowest BCUT2D eigenvalue weighted by atomic mass is 10.0. The standard InChI is InChI=1S/C75H124O6/c1-4-7-10-13-16-18-20-22-24-26-28-30-32-33-34-35-36-37-38-39-40-41-43-44-46-48-50-52-54-56-59-62-65-68-74(77)80-71-72(70-79-73(76)67-64-61-58-15-12-9-6-3)81-75(78)69-66-63-60-57-55-53-51-49-47-45-42-31-29-27-25-23-21-19-17-14-11-8-5-2/h7-8,10-11,16-19,22-25,28-31,33-34,45,47,51,53,72H,4-6,9,12-15,20-21,26-27,32,35-44,46,48-50,52,54-71H2,1-3H3/b10-7-,11-8-,18-16-,19-17-,24-22-,25-23-,30-28-,31-29-,34-33-,47-45-,53-51-. The molecule has 0 aliphatic heterocycles. The van der Waals surface area contributed by atoms with E-state index in [2.05, 4.69) is 154 Å². The van der Waals surface area contributed by atoms with E-state index in [-0.39, 0.29) is 31.1 Å². The van der Waals surface area contributed by atoms with Gasteiger partial charge in [-0.1, -0.05) is 302 Å². The average molecular weight is 1120 g/mol. The van der Waals surface area contributed by atoms with E-state index in [9.17, 15) is 14.4 Å². The van der Waals surface area contributed by atoms with Gasteiger partial charge in [-0.05, 0) is 116 Å². The lowest BCUT2D eigenvalue weighted by molar-refractivity contribution is -0.167. The van der Waals surface area contributed by atoms with Gasteiger partial charge in [0.15, 0.2) is 6.10 Å². The van der Waals surface area contributed by atoms with E-state index in [1.54, 1.807) is 0 Å². The Labute approximate surface area is 500 Å². The summed E-state index contributed by atoms with van der Waals surface area (Å²) in [5.41, 5.74) is 0. The number of hydrogen-bond acceptors (Lipinski definition) is 6. The van der Waals surface area contributed by atoms with Gasteiger partial charge >= 0.3 is 17.9 Å². The van der Waals surface area contributed by atoms with Crippen molar-refractivity contribution in [1.82, 2.24) is 0 Å². The monoisotopic (exact) mass is 1120 g/mol. The Morgan fingerprint density at radius 1 is 0.259 bits per heavy atom. The van der Waals surface area contributed by atoms with E-state index < -0.39 is 6.10 Å². The molecule has 0 N–H and O–H groups in total. The van der Waals surface area contributed by atoms with Crippen LogP contribution in [0.25, 0.3) is 0 Å². The van der Waals surface area contributed by atoms with E-state index in [1.165, 1.54) is 122 Å². The molecule has 0 aromatic rings. The van der Waals surface area contributed by atoms with Gasteiger partial charge in [0.05, 0.1) is 0 Å². The van der Waals surface area contributed by atoms with Crippen LogP contribution in [0.15, 0.2) is 134 Å². The Kier molecular flexibility index (Phi) is 64.3. The number of rotatable bonds is 60. The summed E-state index contributed by atoms with van der Waals surface area (Å²) in [5.74, 6) is -0.915. The third-order valence-corrected chi connectivity index (χ3v) is 14.2. The molecule has 6 heteroatoms. The first kappa shape index (κ1) is 76.5. The second-order valence-electron chi connectivity index (χ2n) is 22.0. The van der Waals surface area contributed by atoms with E-state index in [0.717, 1.165) is 141 Å². The Hall–Kier alpha value is -4.45. The molecule has 81 heavy (non-hydrogen) atoms. The van der Waals surface area contributed by atoms with Gasteiger partial charge in [-0.3, -0.25) is 14.4 Å². The molecule has 0 fully saturated rings. The molecular formula is C75H124O6. The topological polar surface area (TPSA) is 78.9 Å². The molecule has 6 nitrogen and oxygen atoms in total. The van der Waals surface area contributed by atoms with Crippen molar-refractivity contribution in [2.24, 2.45) is 0 Å². The van der Waals surface area contributed by atoms with Crippen molar-refractivity contribution < 1.29 is 28.6 Å². The van der Waals surface area contributed by atoms with Crippen LogP contribution in [0.5, 0.6) is 0 Å². The normalized spacial score (nSPS) is 13.0. The van der Waals surface area contributed by atoms with Crippen LogP contribution in [0.1, 0.15) is 303 Å². The highest BCUT2D eigenvalue weighted by molar-refractivity contribution is 5.71. The fraction of sp³-hybridized carbons (Fsp3) is 0.667. The van der Waals surface area contributed by atoms with Crippen molar-refractivity contribution in [2.75, 3.05) is 13.2 Å². The Bertz CT molecular complexity index is 1720. The molecule has 0 amide bonds. The van der Waals surface area contributed by atoms with Gasteiger partial charge in [0.1, 0.15) is 13.2 Å². The quantitative estimate of drug-likeness (QED) is 0.0261. The summed E-state index contributed by atoms with van der Waals surface area (Å²) < 4.78 is 16.8. The van der Waals surface area contributed by atoms with Crippen molar-refractivity contribution in [3.05, 3.63) is 134 Å². The molecule has 460 valence electrons. The van der Waals surface area contributed by atoms with Crippen LogP contribution in [-0.4, -0.2) is 37.2 Å². The van der Waals surface area contributed by atoms with E-state index in [1.807, 2.05) is 0 Å². The predicted octanol–water partition coefficient (Wildman–Crippen LogP) is 23.3. The number of ether oxygens (including phenoxy) is 3. The largest absolute Gasteiger partial charge is 0.462 e. The van der Waals surface area contributed by atoms with E-state index in [4.69, 9.17) is 14.2 Å². The van der Waals surface area contributed by atoms with Crippen molar-refractivity contribution in [3.8, 4) is 0 Å². The Balaban J connectivity index is 4.11. The highest BCUT2D eigenvalue weighted by Gasteiger charge is 2.19. The maximum atomic E-state index is 12.9. The number of esters is 3. The number of hydrogen-bond donors (Lipinski definition) is 0. The van der Waals surface area contributed by atoms with Crippen molar-refractivity contribution in [3.63, 3.8) is 0 Å². The van der Waals surface area contributed by atoms with Gasteiger partial charge in [-0.25, -0.2) is 0 Å². The van der Waals surface area contributed by atoms with Crippen molar-refractivity contribution >= 4 is 17.9 Å². The SMILES string of the molecule is CC/C=C\C/C=C\C/C=C\C/C=C\C/C=C\C/C=C\CCCCCCC(=O)OC(COC(=O)CCCCCCCCC)COC(=O)CCCCCCCCCCCCCCCCCCC/C=C\C/C=C\C/C=C\C/C=C\C/C=C\CC. The fourth-order valence-electron chi connectivity index (χ4n) is 9.18. The summed E-state index contributed by atoms with van der Waals surface area (Å²) in [7, 11) is 0. The maximum absolute atomic E-state index is 12.9. The molecule has 0 aliphatic carbocycles. The molecule has 0 heterocycles. The van der Waals surface area contributed by atoms with Crippen LogP contribution in [0.3, 0.4) is 0 Å². The average Bonchev–Trinajstić information content (AvgIpc) is 3.46. The van der Waals surface area contributed by atoms with E-state index >= 15 is 0 Å². The lowest BCUT2D eigenvalue weighted by Gasteiger charge is -2.18. The molecule has 0 aromatic carbocycles. The summed E-state index contributed by atoms with van der Waals surface area (Å²) in [4.78, 5) is 38.1. The molecule has 1 atom stereocenters. The number of carbonyl (C=O) groups is 3. The third kappa shape index (κ3) is 66.2. The molecule has 0 saturated heterocycles. The Morgan fingerprint density at radius 3 is 0.753 bits per heavy atom. The third-order valence-electron chi connectivity index (χ3n) is 14.2. The van der Waals surface area contributed by atoms with Crippen molar-refractivity contribution in [1.29, 1.82) is 0 Å². The first-order valence-electron chi connectivity index (χ1n) is 33.7. The van der Waals surface area contributed by atoms with Crippen LogP contribution in [0.4, 0.5) is 0 Å². The second kappa shape index (κ2) is 68.1. The first-order valence-corrected chi connectivity index (χ1v) is 33.7. The predicted molar refractivity (Wildman–Crippen MR) is 353 cm³/mol. The second-order valence-corrected chi connectivity index (χ2v) is 22.0. The molecular weight excluding hydrogens is 997 g/mol. The van der Waals surface area contributed by atoms with Gasteiger partial charge in [0.2, 0.25) is 0 Å². The van der Waals surface area contributed by atoms with Crippen molar-refractivity contribution in [2.45, 2.75) is 309 Å². The van der Waals surface area contributed by atoms with Crippen LogP contribution >= 0.6 is 0 Å². The lowest BCUT2D eigenvalue weighted by Crippen LogP contribution is -2.30. The highest BCUT2D eigenvalue weighted by atomic mass is 16.6. The van der Waals surface area contributed by atoms with Crippen LogP contribution < -0.4 is 0 Å². The summed E-state index contributed by atoms with van der Waals surface area (Å²) >= 11 is 0. The minimum Gasteiger partial charge on any atom is -0.462 e. The zero-order chi connectivity index (χ0) is 58.5. The molecule has 0 bridgehead atoms. The maximum Gasteiger partial charge on any atom is 0.306 e. The molecule has 0 aromatic heterocycles. The summed E-state index contributed by atoms with van der Waals surface area (Å²) in [6.45, 7) is 6.36. The first-order chi connectivity index (χ1) is 40.0. The molecule has 0 radical (unpaired) electrons. The van der Waals surface area contributed by atoms with Crippen LogP contribution in [-0.2, 0) is 28.6 Å². The zero-order valence-corrected chi connectivity index (χ0v) is 52.8. The summed E-state index contributed by atoms with van der Waals surface area (Å²) in [6.07, 6.45) is 96.4. The van der Waals surface area contributed by atoms with Gasteiger partial charge in [-0.2, -0.15) is 0 Å². The van der Waals surface area contributed by atoms with Gasteiger partial charge in [0.25, 0.3) is 0 Å². The van der Waals surface area contributed by atoms with Gasteiger partial charge in [0, 0.05) is 19.3 Å². The zero-order valence-electron chi connectivity index (χ0n) is 52.8. The highest BCUT2D eigenvalue weighted by Crippen LogP contribution is 2.16. The summed E-state index contributed by atoms with van der Waals surface area (Å²) in [6, 6.07) is 0. The molecule has 0 spiro atoms. The number of allylic oxidation sites excluding steroid dienone is 22. The molecule has 0 saturated carbocycles. The number of unbranched alkanes of at least 4 members (excludes halogenated alkanes) is 27. The summed E-state index contributed by atoms with van der Waals surface area (Å²) in [5, 5.41) is 0. The fourth-order valence-corrected chi connectivity index (χ4v) is 9.18. The molecule has 0 rings (SSSR count). The molecule has 0 aliphatic rings. The smallest absolute Gasteiger partial charge is 0.306 e. The molecule has 1 unspecified atom stereocenters. The van der Waals surface area contributed by atoms with E-state index in [0.29, 0.717) is 19.3 Å². The minimum atomic E-state index is -0.792. The number of carbonyl (C=O) groups excluding carboxylic acids is 3. The van der Waals surface area contributed by atoms with Crippen LogP contribution in [0, 0.1) is 0 Å². The van der Waals surface area contributed by atoms with Gasteiger partial charge < -0.3 is 14.2 Å². The van der Waals surface area contributed by atoms with Gasteiger partial charge in [-0.15, -0.1) is 0 Å². The van der Waals surface area contributed by atoms with Crippen LogP contribution in [0.2, 0.25) is 0 Å².